The first-order valence-corrected chi connectivity index (χ1v) is 7.09. The van der Waals surface area contributed by atoms with Crippen LogP contribution in [0.3, 0.4) is 0 Å². The van der Waals surface area contributed by atoms with E-state index in [1.54, 1.807) is 27.7 Å². The normalized spacial score (nSPS) is 12.7. The molecule has 0 aliphatic heterocycles. The van der Waals surface area contributed by atoms with E-state index < -0.39 is 41.2 Å². The van der Waals surface area contributed by atoms with Gasteiger partial charge >= 0.3 is 5.97 Å². The third-order valence-corrected chi connectivity index (χ3v) is 2.90. The molecule has 0 N–H and O–H groups in total. The van der Waals surface area contributed by atoms with Crippen LogP contribution in [0.5, 0.6) is 0 Å². The van der Waals surface area contributed by atoms with Crippen LogP contribution in [-0.4, -0.2) is 22.7 Å². The Morgan fingerprint density at radius 3 is 1.65 bits per heavy atom. The summed E-state index contributed by atoms with van der Waals surface area (Å²) in [6.45, 7) is 6.72. The second-order valence-corrected chi connectivity index (χ2v) is 5.25. The maximum atomic E-state index is 14.0. The maximum absolute atomic E-state index is 14.0. The van der Waals surface area contributed by atoms with Gasteiger partial charge in [-0.2, -0.15) is 0 Å². The standard InChI is InChI=1S/C13H19F3O3Si/c1-7(2)17-13(19-20,18-8(3)4)12-10(15)5-9(14)6-11(12)16/h5-8H,1-4,20H3. The van der Waals surface area contributed by atoms with Crippen LogP contribution in [0.1, 0.15) is 33.3 Å². The third-order valence-electron chi connectivity index (χ3n) is 2.36. The van der Waals surface area contributed by atoms with E-state index in [0.717, 1.165) is 0 Å². The monoisotopic (exact) mass is 308 g/mol. The van der Waals surface area contributed by atoms with E-state index in [9.17, 15) is 13.2 Å². The molecule has 0 bridgehead atoms. The van der Waals surface area contributed by atoms with E-state index in [1.807, 2.05) is 0 Å². The van der Waals surface area contributed by atoms with E-state index in [0.29, 0.717) is 12.1 Å². The van der Waals surface area contributed by atoms with Crippen molar-refractivity contribution in [1.82, 2.24) is 0 Å². The van der Waals surface area contributed by atoms with E-state index >= 15 is 0 Å². The molecule has 0 aromatic heterocycles. The van der Waals surface area contributed by atoms with Crippen molar-refractivity contribution in [3.8, 4) is 0 Å². The van der Waals surface area contributed by atoms with Crippen LogP contribution in [0.2, 0.25) is 0 Å². The van der Waals surface area contributed by atoms with Gasteiger partial charge in [0.05, 0.1) is 12.2 Å². The van der Waals surface area contributed by atoms with Gasteiger partial charge in [-0.3, -0.25) is 0 Å². The number of hydrogen-bond acceptors (Lipinski definition) is 3. The molecule has 0 aliphatic carbocycles. The highest BCUT2D eigenvalue weighted by Gasteiger charge is 2.42. The van der Waals surface area contributed by atoms with E-state index in [-0.39, 0.29) is 10.5 Å². The minimum Gasteiger partial charge on any atom is -0.376 e. The highest BCUT2D eigenvalue weighted by molar-refractivity contribution is 5.98. The molecule has 1 rings (SSSR count). The van der Waals surface area contributed by atoms with Crippen LogP contribution in [0.4, 0.5) is 13.2 Å². The summed E-state index contributed by atoms with van der Waals surface area (Å²) in [6, 6.07) is 1.14. The molecule has 114 valence electrons. The topological polar surface area (TPSA) is 27.7 Å². The maximum Gasteiger partial charge on any atom is 0.308 e. The average molecular weight is 308 g/mol. The highest BCUT2D eigenvalue weighted by atomic mass is 28.2. The molecule has 0 saturated heterocycles. The van der Waals surface area contributed by atoms with Gasteiger partial charge in [-0.1, -0.05) is 0 Å². The molecule has 0 amide bonds. The van der Waals surface area contributed by atoms with Crippen LogP contribution in [0, 0.1) is 17.5 Å². The average Bonchev–Trinajstić information content (AvgIpc) is 2.25. The van der Waals surface area contributed by atoms with Crippen molar-refractivity contribution in [3.63, 3.8) is 0 Å². The molecule has 0 radical (unpaired) electrons. The molecule has 1 aromatic rings. The number of rotatable bonds is 6. The number of hydrogen-bond donors (Lipinski definition) is 0. The lowest BCUT2D eigenvalue weighted by Gasteiger charge is -2.36. The zero-order chi connectivity index (χ0) is 15.5. The van der Waals surface area contributed by atoms with Gasteiger partial charge in [-0.25, -0.2) is 13.2 Å². The Morgan fingerprint density at radius 1 is 0.950 bits per heavy atom. The summed E-state index contributed by atoms with van der Waals surface area (Å²) < 4.78 is 57.2. The first-order valence-electron chi connectivity index (χ1n) is 6.27. The summed E-state index contributed by atoms with van der Waals surface area (Å²) in [7, 11) is 0.109. The van der Waals surface area contributed by atoms with E-state index in [1.165, 1.54) is 0 Å². The lowest BCUT2D eigenvalue weighted by molar-refractivity contribution is -0.380. The predicted octanol–water partition coefficient (Wildman–Crippen LogP) is 2.36. The molecule has 0 heterocycles. The summed E-state index contributed by atoms with van der Waals surface area (Å²) in [5.74, 6) is -5.24. The molecule has 7 heteroatoms. The van der Waals surface area contributed by atoms with Gasteiger partial charge in [0.25, 0.3) is 0 Å². The SMILES string of the molecule is CC(C)OC(O[SiH3])(OC(C)C)c1c(F)cc(F)cc1F. The predicted molar refractivity (Wildman–Crippen MR) is 71.5 cm³/mol. The molecule has 3 nitrogen and oxygen atoms in total. The zero-order valence-electron chi connectivity index (χ0n) is 12.2. The van der Waals surface area contributed by atoms with E-state index in [4.69, 9.17) is 13.9 Å². The molecule has 0 aliphatic rings. The fourth-order valence-corrected chi connectivity index (χ4v) is 2.20. The van der Waals surface area contributed by atoms with Gasteiger partial charge in [0, 0.05) is 12.1 Å². The minimum absolute atomic E-state index is 0.109. The Labute approximate surface area is 119 Å². The second kappa shape index (κ2) is 6.71. The van der Waals surface area contributed by atoms with Crippen LogP contribution in [0.15, 0.2) is 12.1 Å². The summed E-state index contributed by atoms with van der Waals surface area (Å²) in [6.07, 6.45) is -0.821. The van der Waals surface area contributed by atoms with Crippen molar-refractivity contribution in [2.45, 2.75) is 45.9 Å². The van der Waals surface area contributed by atoms with Gasteiger partial charge in [-0.05, 0) is 27.7 Å². The van der Waals surface area contributed by atoms with Crippen molar-refractivity contribution in [3.05, 3.63) is 35.1 Å². The molecule has 0 fully saturated rings. The van der Waals surface area contributed by atoms with Crippen molar-refractivity contribution in [2.75, 3.05) is 0 Å². The van der Waals surface area contributed by atoms with Crippen LogP contribution >= 0.6 is 0 Å². The Morgan fingerprint density at radius 2 is 1.35 bits per heavy atom. The summed E-state index contributed by atoms with van der Waals surface area (Å²) in [4.78, 5) is 0. The van der Waals surface area contributed by atoms with Crippen molar-refractivity contribution in [1.29, 1.82) is 0 Å². The number of benzene rings is 1. The van der Waals surface area contributed by atoms with Crippen LogP contribution in [0.25, 0.3) is 0 Å². The fourth-order valence-electron chi connectivity index (χ4n) is 1.80. The van der Waals surface area contributed by atoms with Gasteiger partial charge in [0.1, 0.15) is 23.0 Å². The second-order valence-electron chi connectivity index (χ2n) is 4.84. The summed E-state index contributed by atoms with van der Waals surface area (Å²) in [5.41, 5.74) is -0.573. The first-order chi connectivity index (χ1) is 9.21. The molecular formula is C13H19F3O3Si. The minimum atomic E-state index is -2.00. The molecule has 20 heavy (non-hydrogen) atoms. The van der Waals surface area contributed by atoms with Gasteiger partial charge < -0.3 is 13.9 Å². The van der Waals surface area contributed by atoms with Gasteiger partial charge in [0.15, 0.2) is 10.5 Å². The zero-order valence-corrected chi connectivity index (χ0v) is 14.2. The Bertz CT molecular complexity index is 433. The molecule has 0 unspecified atom stereocenters. The summed E-state index contributed by atoms with van der Waals surface area (Å²) in [5, 5.41) is 0. The lowest BCUT2D eigenvalue weighted by atomic mass is 10.1. The molecule has 0 spiro atoms. The molecule has 0 saturated carbocycles. The van der Waals surface area contributed by atoms with Crippen LogP contribution in [-0.2, 0) is 19.9 Å². The largest absolute Gasteiger partial charge is 0.376 e. The van der Waals surface area contributed by atoms with E-state index in [2.05, 4.69) is 0 Å². The van der Waals surface area contributed by atoms with Crippen molar-refractivity contribution >= 4 is 10.5 Å². The number of halogens is 3. The Hall–Kier alpha value is -0.893. The smallest absolute Gasteiger partial charge is 0.308 e. The molecule has 1 aromatic carbocycles. The quantitative estimate of drug-likeness (QED) is 0.596. The first kappa shape index (κ1) is 17.2. The van der Waals surface area contributed by atoms with Gasteiger partial charge in [0.2, 0.25) is 0 Å². The lowest BCUT2D eigenvalue weighted by Crippen LogP contribution is -2.41. The highest BCUT2D eigenvalue weighted by Crippen LogP contribution is 2.35. The van der Waals surface area contributed by atoms with Crippen molar-refractivity contribution < 1.29 is 27.1 Å². The Balaban J connectivity index is 3.43. The van der Waals surface area contributed by atoms with Gasteiger partial charge in [-0.15, -0.1) is 0 Å². The third kappa shape index (κ3) is 3.82. The van der Waals surface area contributed by atoms with Crippen molar-refractivity contribution in [2.24, 2.45) is 0 Å². The number of ether oxygens (including phenoxy) is 2. The fraction of sp³-hybridized carbons (Fsp3) is 0.538. The summed E-state index contributed by atoms with van der Waals surface area (Å²) >= 11 is 0. The Kier molecular flexibility index (Phi) is 5.75. The molecular weight excluding hydrogens is 289 g/mol. The molecule has 0 atom stereocenters. The van der Waals surface area contributed by atoms with Crippen LogP contribution < -0.4 is 0 Å².